The van der Waals surface area contributed by atoms with Crippen LogP contribution in [-0.2, 0) is 23.8 Å². The standard InChI is InChI=1S/C18H27N5O12/c1-9(25)19-13-10(26)6-18(16(29)30,33-15(13)14(28)11(27)8-24)34-17(31)20-12-7-23(21-35-12)22-2-4-32-5-3-22/h7,10-11,13-15,24,26-28H,2-6,8H2,1H3,(H2-,19,20,21,25,29,30,31)/t10-,11+,13+,14+,15+,18+/m0/s1. The van der Waals surface area contributed by atoms with Crippen molar-refractivity contribution in [1.82, 2.24) is 10.6 Å². The van der Waals surface area contributed by atoms with Crippen molar-refractivity contribution in [2.75, 3.05) is 37.9 Å². The fourth-order valence-electron chi connectivity index (χ4n) is 3.66. The Labute approximate surface area is 197 Å². The van der Waals surface area contributed by atoms with Gasteiger partial charge in [0.1, 0.15) is 18.3 Å². The minimum Gasteiger partial charge on any atom is -0.562 e. The second-order valence-electron chi connectivity index (χ2n) is 7.89. The molecule has 2 fully saturated rings. The zero-order valence-electron chi connectivity index (χ0n) is 18.6. The summed E-state index contributed by atoms with van der Waals surface area (Å²) in [6.45, 7) is 2.03. The summed E-state index contributed by atoms with van der Waals surface area (Å²) in [5.41, 5.74) is 0. The van der Waals surface area contributed by atoms with Crippen LogP contribution in [0.3, 0.4) is 0 Å². The summed E-state index contributed by atoms with van der Waals surface area (Å²) in [4.78, 5) is 28.4. The van der Waals surface area contributed by atoms with E-state index in [4.69, 9.17) is 23.8 Å². The lowest BCUT2D eigenvalue weighted by Gasteiger charge is -2.49. The maximum atomic E-state index is 12.4. The lowest BCUT2D eigenvalue weighted by molar-refractivity contribution is -0.759. The lowest BCUT2D eigenvalue weighted by atomic mass is 9.88. The number of morpholine rings is 1. The number of hydrogen-bond donors (Lipinski definition) is 6. The van der Waals surface area contributed by atoms with Crippen LogP contribution in [0, 0.1) is 0 Å². The first kappa shape index (κ1) is 26.5. The number of hydrogen-bond acceptors (Lipinski definition) is 14. The maximum Gasteiger partial charge on any atom is 0.347 e. The summed E-state index contributed by atoms with van der Waals surface area (Å²) in [7, 11) is 0. The number of aliphatic hydroxyl groups excluding tert-OH is 4. The Bertz CT molecular complexity index is 921. The van der Waals surface area contributed by atoms with Gasteiger partial charge < -0.3 is 50.2 Å². The van der Waals surface area contributed by atoms with Gasteiger partial charge in [-0.05, 0) is 0 Å². The molecule has 1 aromatic rings. The van der Waals surface area contributed by atoms with E-state index in [1.54, 1.807) is 5.01 Å². The van der Waals surface area contributed by atoms with Gasteiger partial charge in [0.25, 0.3) is 6.20 Å². The second-order valence-corrected chi connectivity index (χ2v) is 7.89. The van der Waals surface area contributed by atoms with Crippen molar-refractivity contribution >= 4 is 23.8 Å². The van der Waals surface area contributed by atoms with E-state index in [1.165, 1.54) is 11.0 Å². The Morgan fingerprint density at radius 3 is 2.71 bits per heavy atom. The molecule has 17 heteroatoms. The van der Waals surface area contributed by atoms with Crippen molar-refractivity contribution < 1.29 is 63.8 Å². The number of rotatable bonds is 8. The molecule has 17 nitrogen and oxygen atoms in total. The third-order valence-electron chi connectivity index (χ3n) is 5.36. The first-order chi connectivity index (χ1) is 16.6. The average Bonchev–Trinajstić information content (AvgIpc) is 3.28. The zero-order chi connectivity index (χ0) is 25.8. The Morgan fingerprint density at radius 1 is 1.43 bits per heavy atom. The van der Waals surface area contributed by atoms with Gasteiger partial charge in [0.05, 0.1) is 49.8 Å². The van der Waals surface area contributed by atoms with E-state index in [-0.39, 0.29) is 5.88 Å². The summed E-state index contributed by atoms with van der Waals surface area (Å²) in [6, 6.07) is -1.41. The molecule has 1 amide bonds. The van der Waals surface area contributed by atoms with E-state index in [9.17, 15) is 35.1 Å². The molecular formula is C18H27N5O12. The number of amides is 1. The number of carboxylic acid groups (broad SMARTS) is 1. The van der Waals surface area contributed by atoms with Crippen LogP contribution in [0.25, 0.3) is 0 Å². The van der Waals surface area contributed by atoms with Crippen molar-refractivity contribution in [3.63, 3.8) is 0 Å². The molecule has 0 saturated carbocycles. The maximum absolute atomic E-state index is 12.4. The Balaban J connectivity index is 1.83. The molecule has 2 aliphatic rings. The average molecular weight is 505 g/mol. The summed E-state index contributed by atoms with van der Waals surface area (Å²) >= 11 is 0. The molecule has 3 heterocycles. The van der Waals surface area contributed by atoms with Crippen LogP contribution in [0.15, 0.2) is 15.7 Å². The molecule has 0 spiro atoms. The Hall–Kier alpha value is -3.09. The molecule has 35 heavy (non-hydrogen) atoms. The van der Waals surface area contributed by atoms with E-state index >= 15 is 0 Å². The summed E-state index contributed by atoms with van der Waals surface area (Å²) in [5.74, 6) is -5.72. The van der Waals surface area contributed by atoms with Crippen molar-refractivity contribution in [3.8, 4) is 0 Å². The van der Waals surface area contributed by atoms with Gasteiger partial charge in [-0.25, -0.2) is 4.79 Å². The highest BCUT2D eigenvalue weighted by Gasteiger charge is 2.53. The highest BCUT2D eigenvalue weighted by molar-refractivity contribution is 5.80. The molecule has 6 N–H and O–H groups in total. The van der Waals surface area contributed by atoms with Gasteiger partial charge in [-0.2, -0.15) is 4.99 Å². The van der Waals surface area contributed by atoms with E-state index in [0.717, 1.165) is 6.92 Å². The number of aliphatic hydroxyl groups is 4. The first-order valence-electron chi connectivity index (χ1n) is 10.6. The van der Waals surface area contributed by atoms with Gasteiger partial charge in [-0.3, -0.25) is 9.32 Å². The second kappa shape index (κ2) is 11.1. The topological polar surface area (TPSA) is 244 Å². The van der Waals surface area contributed by atoms with Crippen LogP contribution in [0.5, 0.6) is 0 Å². The molecule has 1 aromatic heterocycles. The molecule has 2 saturated heterocycles. The largest absolute Gasteiger partial charge is 0.562 e. The van der Waals surface area contributed by atoms with Crippen LogP contribution in [0.1, 0.15) is 13.3 Å². The molecular weight excluding hydrogens is 478 g/mol. The number of aliphatic carboxylic acids is 1. The normalized spacial score (nSPS) is 29.3. The minimum absolute atomic E-state index is 0.332. The van der Waals surface area contributed by atoms with E-state index in [2.05, 4.69) is 15.6 Å². The molecule has 3 rings (SSSR count). The first-order valence-corrected chi connectivity index (χ1v) is 10.6. The quantitative estimate of drug-likeness (QED) is 0.110. The fourth-order valence-corrected chi connectivity index (χ4v) is 3.66. The number of carbonyl (C=O) groups is 2. The third-order valence-corrected chi connectivity index (χ3v) is 5.36. The monoisotopic (exact) mass is 505 g/mol. The highest BCUT2D eigenvalue weighted by atomic mass is 16.8. The highest BCUT2D eigenvalue weighted by Crippen LogP contribution is 2.33. The van der Waals surface area contributed by atoms with Crippen molar-refractivity contribution in [2.45, 2.75) is 49.6 Å². The molecule has 6 atom stereocenters. The molecule has 0 radical (unpaired) electrons. The van der Waals surface area contributed by atoms with E-state index in [0.29, 0.717) is 26.3 Å². The Morgan fingerprint density at radius 2 is 2.11 bits per heavy atom. The van der Waals surface area contributed by atoms with Gasteiger partial charge >= 0.3 is 11.9 Å². The minimum atomic E-state index is -2.87. The lowest BCUT2D eigenvalue weighted by Crippen LogP contribution is -2.68. The number of ether oxygens (including phenoxy) is 3. The van der Waals surface area contributed by atoms with E-state index < -0.39 is 67.2 Å². The molecule has 0 aliphatic carbocycles. The van der Waals surface area contributed by atoms with Crippen molar-refractivity contribution in [3.05, 3.63) is 6.20 Å². The van der Waals surface area contributed by atoms with Crippen molar-refractivity contribution in [2.24, 2.45) is 4.99 Å². The van der Waals surface area contributed by atoms with Crippen LogP contribution in [-0.4, -0.2) is 118 Å². The number of nitrogens with one attached hydrogen (secondary N) is 1. The van der Waals surface area contributed by atoms with Gasteiger partial charge in [-0.1, -0.05) is 0 Å². The molecule has 0 bridgehead atoms. The SMILES string of the molecule is CC(=O)N[C@H]1[C@H]([C@H](O)[C@H](O)CO)O[C@](O/C([O-])=N\c2c[n+](N3CCOCC3)no2)(C(=O)O)C[C@@H]1O. The summed E-state index contributed by atoms with van der Waals surface area (Å²) in [5, 5.41) is 69.8. The van der Waals surface area contributed by atoms with Gasteiger partial charge in [-0.15, -0.1) is 5.01 Å². The number of carbonyl (C=O) groups excluding carboxylic acids is 1. The van der Waals surface area contributed by atoms with Gasteiger partial charge in [0.15, 0.2) is 6.08 Å². The van der Waals surface area contributed by atoms with Crippen molar-refractivity contribution in [1.29, 1.82) is 0 Å². The van der Waals surface area contributed by atoms with Crippen LogP contribution < -0.4 is 20.2 Å². The number of nitrogens with zero attached hydrogens (tertiary/aromatic N) is 4. The van der Waals surface area contributed by atoms with Gasteiger partial charge in [0.2, 0.25) is 17.0 Å². The molecule has 0 aromatic carbocycles. The molecule has 196 valence electrons. The number of aliphatic imine (C=N–C) groups is 1. The predicted octanol–water partition coefficient (Wildman–Crippen LogP) is -5.56. The molecule has 2 aliphatic heterocycles. The zero-order valence-corrected chi connectivity index (χ0v) is 18.6. The Kier molecular flexibility index (Phi) is 8.41. The summed E-state index contributed by atoms with van der Waals surface area (Å²) in [6.07, 6.45) is -8.44. The van der Waals surface area contributed by atoms with Crippen LogP contribution >= 0.6 is 0 Å². The number of aromatic nitrogens is 2. The molecule has 0 unspecified atom stereocenters. The van der Waals surface area contributed by atoms with Crippen LogP contribution in [0.4, 0.5) is 5.88 Å². The van der Waals surface area contributed by atoms with Gasteiger partial charge in [0, 0.05) is 13.3 Å². The smallest absolute Gasteiger partial charge is 0.347 e. The third kappa shape index (κ3) is 6.13. The predicted molar refractivity (Wildman–Crippen MR) is 106 cm³/mol. The fraction of sp³-hybridized carbons (Fsp3) is 0.722. The number of carboxylic acids is 1. The van der Waals surface area contributed by atoms with Crippen LogP contribution in [0.2, 0.25) is 0 Å². The van der Waals surface area contributed by atoms with E-state index in [1.807, 2.05) is 0 Å². The summed E-state index contributed by atoms with van der Waals surface area (Å²) < 4.78 is 20.4.